The monoisotopic (exact) mass is 250 g/mol. The lowest BCUT2D eigenvalue weighted by Crippen LogP contribution is -2.20. The molecule has 3 unspecified atom stereocenters. The summed E-state index contributed by atoms with van der Waals surface area (Å²) in [6.07, 6.45) is 9.20. The summed E-state index contributed by atoms with van der Waals surface area (Å²) in [4.78, 5) is 0. The summed E-state index contributed by atoms with van der Waals surface area (Å²) < 4.78 is 1.01. The van der Waals surface area contributed by atoms with Gasteiger partial charge in [0.25, 0.3) is 0 Å². The Labute approximate surface area is 76.9 Å². The molecule has 2 saturated carbocycles. The molecule has 10 heavy (non-hydrogen) atoms. The van der Waals surface area contributed by atoms with Crippen LogP contribution in [-0.2, 0) is 0 Å². The lowest BCUT2D eigenvalue weighted by atomic mass is 9.82. The number of alkyl halides is 1. The summed E-state index contributed by atoms with van der Waals surface area (Å²) in [5.41, 5.74) is 0. The van der Waals surface area contributed by atoms with Crippen LogP contribution >= 0.6 is 22.6 Å². The van der Waals surface area contributed by atoms with Crippen LogP contribution < -0.4 is 0 Å². The van der Waals surface area contributed by atoms with Gasteiger partial charge >= 0.3 is 0 Å². The van der Waals surface area contributed by atoms with Crippen LogP contribution in [0.1, 0.15) is 38.5 Å². The van der Waals surface area contributed by atoms with Gasteiger partial charge < -0.3 is 0 Å². The van der Waals surface area contributed by atoms with Crippen LogP contribution in [0.25, 0.3) is 0 Å². The zero-order chi connectivity index (χ0) is 6.97. The molecule has 0 spiro atoms. The Morgan fingerprint density at radius 1 is 0.900 bits per heavy atom. The van der Waals surface area contributed by atoms with Crippen molar-refractivity contribution in [1.82, 2.24) is 0 Å². The van der Waals surface area contributed by atoms with Gasteiger partial charge in [-0.3, -0.25) is 0 Å². The number of halogens is 1. The Morgan fingerprint density at radius 3 is 2.60 bits per heavy atom. The van der Waals surface area contributed by atoms with E-state index in [-0.39, 0.29) is 0 Å². The summed E-state index contributed by atoms with van der Waals surface area (Å²) >= 11 is 2.63. The molecule has 1 heteroatoms. The molecule has 0 bridgehead atoms. The molecule has 3 atom stereocenters. The average molecular weight is 250 g/mol. The highest BCUT2D eigenvalue weighted by Gasteiger charge is 2.32. The number of fused-ring (bicyclic) bond motifs is 1. The minimum atomic E-state index is 1.01. The molecule has 0 heterocycles. The molecule has 0 amide bonds. The predicted molar refractivity (Wildman–Crippen MR) is 52.5 cm³/mol. The molecule has 2 aliphatic carbocycles. The third-order valence-corrected chi connectivity index (χ3v) is 4.36. The van der Waals surface area contributed by atoms with E-state index in [1.807, 2.05) is 0 Å². The van der Waals surface area contributed by atoms with Gasteiger partial charge in [-0.2, -0.15) is 0 Å². The molecule has 0 aromatic heterocycles. The summed E-state index contributed by atoms with van der Waals surface area (Å²) in [7, 11) is 0. The van der Waals surface area contributed by atoms with E-state index >= 15 is 0 Å². The van der Waals surface area contributed by atoms with E-state index < -0.39 is 0 Å². The first-order valence-corrected chi connectivity index (χ1v) is 5.75. The lowest BCUT2D eigenvalue weighted by molar-refractivity contribution is 0.289. The van der Waals surface area contributed by atoms with Gasteiger partial charge in [-0.05, 0) is 31.1 Å². The van der Waals surface area contributed by atoms with Gasteiger partial charge in [0.15, 0.2) is 0 Å². The molecule has 0 aliphatic heterocycles. The fourth-order valence-corrected chi connectivity index (χ4v) is 3.66. The van der Waals surface area contributed by atoms with Crippen molar-refractivity contribution in [3.8, 4) is 0 Å². The topological polar surface area (TPSA) is 0 Å². The largest absolute Gasteiger partial charge is 0.0826 e. The van der Waals surface area contributed by atoms with E-state index in [9.17, 15) is 0 Å². The Kier molecular flexibility index (Phi) is 2.21. The number of hydrogen-bond donors (Lipinski definition) is 0. The molecule has 2 fully saturated rings. The van der Waals surface area contributed by atoms with Crippen molar-refractivity contribution in [2.24, 2.45) is 11.8 Å². The zero-order valence-electron chi connectivity index (χ0n) is 6.35. The Morgan fingerprint density at radius 2 is 1.70 bits per heavy atom. The van der Waals surface area contributed by atoms with Crippen molar-refractivity contribution in [1.29, 1.82) is 0 Å². The standard InChI is InChI=1S/C9H15I/c10-9-5-4-7-2-1-3-8(7)6-9/h7-9H,1-6H2. The SMILES string of the molecule is IC1CCC2CCCC2C1. The zero-order valence-corrected chi connectivity index (χ0v) is 8.51. The molecule has 0 saturated heterocycles. The van der Waals surface area contributed by atoms with Crippen molar-refractivity contribution in [3.05, 3.63) is 0 Å². The van der Waals surface area contributed by atoms with E-state index in [2.05, 4.69) is 22.6 Å². The van der Waals surface area contributed by atoms with Crippen LogP contribution in [-0.4, -0.2) is 3.92 Å². The van der Waals surface area contributed by atoms with E-state index in [0.717, 1.165) is 15.8 Å². The van der Waals surface area contributed by atoms with Gasteiger partial charge in [0.2, 0.25) is 0 Å². The van der Waals surface area contributed by atoms with Gasteiger partial charge in [0.05, 0.1) is 0 Å². The van der Waals surface area contributed by atoms with Gasteiger partial charge in [0.1, 0.15) is 0 Å². The first kappa shape index (κ1) is 7.38. The smallest absolute Gasteiger partial charge is 0.0112 e. The van der Waals surface area contributed by atoms with Crippen LogP contribution in [0, 0.1) is 11.8 Å². The third-order valence-electron chi connectivity index (χ3n) is 3.23. The van der Waals surface area contributed by atoms with Gasteiger partial charge in [0, 0.05) is 3.92 Å². The Hall–Kier alpha value is 0.730. The molecule has 0 nitrogen and oxygen atoms in total. The Bertz CT molecular complexity index is 122. The van der Waals surface area contributed by atoms with Gasteiger partial charge in [-0.15, -0.1) is 0 Å². The minimum Gasteiger partial charge on any atom is -0.0826 e. The molecule has 0 N–H and O–H groups in total. The lowest BCUT2D eigenvalue weighted by Gasteiger charge is -2.28. The maximum atomic E-state index is 2.63. The molecular weight excluding hydrogens is 235 g/mol. The van der Waals surface area contributed by atoms with Crippen LogP contribution in [0.5, 0.6) is 0 Å². The quantitative estimate of drug-likeness (QED) is 0.456. The molecule has 58 valence electrons. The Balaban J connectivity index is 1.96. The maximum Gasteiger partial charge on any atom is 0.0112 e. The number of hydrogen-bond acceptors (Lipinski definition) is 0. The normalized spacial score (nSPS) is 47.1. The summed E-state index contributed by atoms with van der Waals surface area (Å²) in [6, 6.07) is 0. The second-order valence-electron chi connectivity index (χ2n) is 3.86. The summed E-state index contributed by atoms with van der Waals surface area (Å²) in [5.74, 6) is 2.28. The fraction of sp³-hybridized carbons (Fsp3) is 1.00. The van der Waals surface area contributed by atoms with E-state index in [1.54, 1.807) is 12.8 Å². The van der Waals surface area contributed by atoms with Crippen molar-refractivity contribution in [2.75, 3.05) is 0 Å². The minimum absolute atomic E-state index is 1.01. The highest BCUT2D eigenvalue weighted by atomic mass is 127. The second-order valence-corrected chi connectivity index (χ2v) is 5.62. The van der Waals surface area contributed by atoms with Gasteiger partial charge in [-0.1, -0.05) is 41.9 Å². The molecule has 0 aromatic rings. The summed E-state index contributed by atoms with van der Waals surface area (Å²) in [5, 5.41) is 0. The van der Waals surface area contributed by atoms with Crippen molar-refractivity contribution < 1.29 is 0 Å². The highest BCUT2D eigenvalue weighted by Crippen LogP contribution is 2.43. The van der Waals surface area contributed by atoms with Gasteiger partial charge in [-0.25, -0.2) is 0 Å². The maximum absolute atomic E-state index is 2.63. The molecule has 2 rings (SSSR count). The van der Waals surface area contributed by atoms with Crippen LogP contribution in [0.3, 0.4) is 0 Å². The predicted octanol–water partition coefficient (Wildman–Crippen LogP) is 3.39. The van der Waals surface area contributed by atoms with Crippen molar-refractivity contribution >= 4 is 22.6 Å². The molecular formula is C9H15I. The fourth-order valence-electron chi connectivity index (χ4n) is 2.65. The van der Waals surface area contributed by atoms with E-state index in [4.69, 9.17) is 0 Å². The average Bonchev–Trinajstić information content (AvgIpc) is 2.33. The van der Waals surface area contributed by atoms with Crippen LogP contribution in [0.4, 0.5) is 0 Å². The molecule has 0 aromatic carbocycles. The van der Waals surface area contributed by atoms with Crippen LogP contribution in [0.15, 0.2) is 0 Å². The summed E-state index contributed by atoms with van der Waals surface area (Å²) in [6.45, 7) is 0. The van der Waals surface area contributed by atoms with E-state index in [0.29, 0.717) is 0 Å². The van der Waals surface area contributed by atoms with Crippen LogP contribution in [0.2, 0.25) is 0 Å². The third kappa shape index (κ3) is 1.34. The van der Waals surface area contributed by atoms with Crippen molar-refractivity contribution in [3.63, 3.8) is 0 Å². The highest BCUT2D eigenvalue weighted by molar-refractivity contribution is 14.1. The number of rotatable bonds is 0. The first-order chi connectivity index (χ1) is 4.86. The van der Waals surface area contributed by atoms with E-state index in [1.165, 1.54) is 25.7 Å². The molecule has 0 radical (unpaired) electrons. The molecule has 2 aliphatic rings. The first-order valence-electron chi connectivity index (χ1n) is 4.50. The van der Waals surface area contributed by atoms with Crippen molar-refractivity contribution in [2.45, 2.75) is 42.4 Å². The second kappa shape index (κ2) is 3.00.